The summed E-state index contributed by atoms with van der Waals surface area (Å²) >= 11 is 0. The smallest absolute Gasteiger partial charge is 0.243 e. The Morgan fingerprint density at radius 1 is 1.28 bits per heavy atom. The van der Waals surface area contributed by atoms with Gasteiger partial charge in [0, 0.05) is 6.61 Å². The van der Waals surface area contributed by atoms with Crippen LogP contribution in [-0.2, 0) is 10.3 Å². The number of ether oxygens (including phenoxy) is 1. The lowest BCUT2D eigenvalue weighted by Gasteiger charge is -2.27. The Morgan fingerprint density at radius 2 is 1.89 bits per heavy atom. The van der Waals surface area contributed by atoms with Crippen LogP contribution < -0.4 is 5.73 Å². The van der Waals surface area contributed by atoms with E-state index in [0.29, 0.717) is 18.3 Å². The van der Waals surface area contributed by atoms with Gasteiger partial charge in [0.25, 0.3) is 0 Å². The molecule has 1 atom stereocenters. The molecule has 5 nitrogen and oxygen atoms in total. The van der Waals surface area contributed by atoms with E-state index in [2.05, 4.69) is 24.0 Å². The van der Waals surface area contributed by atoms with Gasteiger partial charge in [-0.15, -0.1) is 0 Å². The third-order valence-electron chi connectivity index (χ3n) is 3.42. The maximum absolute atomic E-state index is 6.01. The Labute approximate surface area is 109 Å². The van der Waals surface area contributed by atoms with Crippen LogP contribution in [0.1, 0.15) is 65.2 Å². The Hall–Kier alpha value is -0.940. The molecule has 0 fully saturated rings. The molecule has 0 aliphatic heterocycles. The van der Waals surface area contributed by atoms with Crippen LogP contribution in [0.15, 0.2) is 4.52 Å². The van der Waals surface area contributed by atoms with E-state index in [0.717, 1.165) is 12.8 Å². The highest BCUT2D eigenvalue weighted by Gasteiger charge is 2.35. The molecule has 0 bridgehead atoms. The van der Waals surface area contributed by atoms with Crippen molar-refractivity contribution in [3.8, 4) is 0 Å². The zero-order chi connectivity index (χ0) is 13.8. The normalized spacial score (nSPS) is 14.2. The monoisotopic (exact) mass is 255 g/mol. The zero-order valence-corrected chi connectivity index (χ0v) is 12.1. The highest BCUT2D eigenvalue weighted by molar-refractivity contribution is 5.03. The number of aromatic nitrogens is 2. The van der Waals surface area contributed by atoms with Gasteiger partial charge in [0.05, 0.1) is 6.04 Å². The Bertz CT molecular complexity index is 359. The minimum atomic E-state index is -0.451. The van der Waals surface area contributed by atoms with Gasteiger partial charge in [0.2, 0.25) is 11.7 Å². The van der Waals surface area contributed by atoms with E-state index in [9.17, 15) is 0 Å². The van der Waals surface area contributed by atoms with Gasteiger partial charge >= 0.3 is 0 Å². The van der Waals surface area contributed by atoms with Crippen LogP contribution >= 0.6 is 0 Å². The molecule has 0 aliphatic rings. The van der Waals surface area contributed by atoms with Crippen LogP contribution in [0.5, 0.6) is 0 Å². The fraction of sp³-hybridized carbons (Fsp3) is 0.846. The lowest BCUT2D eigenvalue weighted by Crippen LogP contribution is -2.30. The maximum atomic E-state index is 6.01. The van der Waals surface area contributed by atoms with Crippen molar-refractivity contribution in [3.63, 3.8) is 0 Å². The molecule has 1 aromatic rings. The van der Waals surface area contributed by atoms with Gasteiger partial charge in [-0.05, 0) is 25.7 Å². The molecule has 0 aromatic carbocycles. The molecule has 0 spiro atoms. The first-order valence-corrected chi connectivity index (χ1v) is 6.74. The third kappa shape index (κ3) is 2.90. The molecule has 1 rings (SSSR count). The van der Waals surface area contributed by atoms with Crippen molar-refractivity contribution < 1.29 is 9.26 Å². The van der Waals surface area contributed by atoms with Crippen molar-refractivity contribution >= 4 is 0 Å². The van der Waals surface area contributed by atoms with Gasteiger partial charge < -0.3 is 15.0 Å². The van der Waals surface area contributed by atoms with E-state index in [4.69, 9.17) is 15.0 Å². The van der Waals surface area contributed by atoms with Crippen LogP contribution in [0, 0.1) is 5.92 Å². The summed E-state index contributed by atoms with van der Waals surface area (Å²) in [6, 6.07) is -0.223. The summed E-state index contributed by atoms with van der Waals surface area (Å²) in [5, 5.41) is 4.06. The second kappa shape index (κ2) is 6.29. The Balaban J connectivity index is 3.01. The topological polar surface area (TPSA) is 74.2 Å². The largest absolute Gasteiger partial charge is 0.367 e. The van der Waals surface area contributed by atoms with E-state index in [1.165, 1.54) is 0 Å². The van der Waals surface area contributed by atoms with Gasteiger partial charge in [0.1, 0.15) is 5.60 Å². The fourth-order valence-corrected chi connectivity index (χ4v) is 1.95. The average molecular weight is 255 g/mol. The van der Waals surface area contributed by atoms with E-state index in [1.54, 1.807) is 0 Å². The van der Waals surface area contributed by atoms with E-state index in [-0.39, 0.29) is 12.0 Å². The quantitative estimate of drug-likeness (QED) is 0.811. The first kappa shape index (κ1) is 15.1. The SMILES string of the molecule is CCOC(CC)(CC)c1noc(C(N)C(C)C)n1. The molecule has 0 radical (unpaired) electrons. The van der Waals surface area contributed by atoms with E-state index < -0.39 is 5.60 Å². The zero-order valence-electron chi connectivity index (χ0n) is 12.1. The molecule has 2 N–H and O–H groups in total. The lowest BCUT2D eigenvalue weighted by atomic mass is 9.96. The average Bonchev–Trinajstić information content (AvgIpc) is 2.85. The highest BCUT2D eigenvalue weighted by atomic mass is 16.5. The third-order valence-corrected chi connectivity index (χ3v) is 3.42. The molecule has 1 aromatic heterocycles. The summed E-state index contributed by atoms with van der Waals surface area (Å²) in [5.74, 6) is 1.37. The van der Waals surface area contributed by atoms with Crippen molar-refractivity contribution in [2.45, 2.75) is 59.1 Å². The van der Waals surface area contributed by atoms with Crippen LogP contribution in [0.2, 0.25) is 0 Å². The predicted octanol–water partition coefficient (Wildman–Crippen LogP) is 2.78. The molecule has 104 valence electrons. The molecule has 0 saturated carbocycles. The second-order valence-corrected chi connectivity index (χ2v) is 4.86. The molecule has 0 saturated heterocycles. The summed E-state index contributed by atoms with van der Waals surface area (Å²) in [6.45, 7) is 10.8. The fourth-order valence-electron chi connectivity index (χ4n) is 1.95. The molecule has 18 heavy (non-hydrogen) atoms. The predicted molar refractivity (Wildman–Crippen MR) is 70.0 cm³/mol. The van der Waals surface area contributed by atoms with Gasteiger partial charge in [-0.25, -0.2) is 0 Å². The van der Waals surface area contributed by atoms with Crippen molar-refractivity contribution in [3.05, 3.63) is 11.7 Å². The van der Waals surface area contributed by atoms with Crippen LogP contribution in [0.3, 0.4) is 0 Å². The van der Waals surface area contributed by atoms with Gasteiger partial charge in [0.15, 0.2) is 0 Å². The second-order valence-electron chi connectivity index (χ2n) is 4.86. The maximum Gasteiger partial charge on any atom is 0.243 e. The molecule has 5 heteroatoms. The summed E-state index contributed by atoms with van der Waals surface area (Å²) in [4.78, 5) is 4.44. The highest BCUT2D eigenvalue weighted by Crippen LogP contribution is 2.31. The molecule has 0 aliphatic carbocycles. The Kier molecular flexibility index (Phi) is 5.28. The van der Waals surface area contributed by atoms with Crippen LogP contribution in [0.4, 0.5) is 0 Å². The summed E-state index contributed by atoms with van der Waals surface area (Å²) in [6.07, 6.45) is 1.63. The first-order valence-electron chi connectivity index (χ1n) is 6.74. The lowest BCUT2D eigenvalue weighted by molar-refractivity contribution is -0.0583. The summed E-state index contributed by atoms with van der Waals surface area (Å²) in [5.41, 5.74) is 5.56. The van der Waals surface area contributed by atoms with E-state index in [1.807, 2.05) is 20.8 Å². The number of hydrogen-bond donors (Lipinski definition) is 1. The molecule has 1 unspecified atom stereocenters. The molecule has 1 heterocycles. The van der Waals surface area contributed by atoms with Gasteiger partial charge in [-0.2, -0.15) is 4.98 Å². The number of nitrogens with zero attached hydrogens (tertiary/aromatic N) is 2. The van der Waals surface area contributed by atoms with Crippen molar-refractivity contribution in [2.24, 2.45) is 11.7 Å². The van der Waals surface area contributed by atoms with Crippen molar-refractivity contribution in [1.29, 1.82) is 0 Å². The van der Waals surface area contributed by atoms with Gasteiger partial charge in [-0.3, -0.25) is 0 Å². The first-order chi connectivity index (χ1) is 8.50. The van der Waals surface area contributed by atoms with Crippen LogP contribution in [0.25, 0.3) is 0 Å². The number of nitrogens with two attached hydrogens (primary N) is 1. The minimum Gasteiger partial charge on any atom is -0.367 e. The van der Waals surface area contributed by atoms with Crippen molar-refractivity contribution in [2.75, 3.05) is 6.61 Å². The summed E-state index contributed by atoms with van der Waals surface area (Å²) in [7, 11) is 0. The van der Waals surface area contributed by atoms with E-state index >= 15 is 0 Å². The van der Waals surface area contributed by atoms with Gasteiger partial charge in [-0.1, -0.05) is 32.9 Å². The minimum absolute atomic E-state index is 0.223. The number of hydrogen-bond acceptors (Lipinski definition) is 5. The Morgan fingerprint density at radius 3 is 2.33 bits per heavy atom. The molecular formula is C13H25N3O2. The standard InChI is InChI=1S/C13H25N3O2/c1-6-13(7-2,17-8-3)12-15-11(18-16-12)10(14)9(4)5/h9-10H,6-8,14H2,1-5H3. The van der Waals surface area contributed by atoms with Crippen molar-refractivity contribution in [1.82, 2.24) is 10.1 Å². The number of rotatable bonds is 7. The molecule has 0 amide bonds. The van der Waals surface area contributed by atoms with Crippen LogP contribution in [-0.4, -0.2) is 16.7 Å². The molecular weight excluding hydrogens is 230 g/mol. The summed E-state index contributed by atoms with van der Waals surface area (Å²) < 4.78 is 11.1.